The van der Waals surface area contributed by atoms with Crippen molar-refractivity contribution in [2.24, 2.45) is 0 Å². The van der Waals surface area contributed by atoms with E-state index >= 15 is 0 Å². The van der Waals surface area contributed by atoms with Crippen LogP contribution in [0, 0.1) is 0 Å². The number of hydrogen-bond donors (Lipinski definition) is 0. The zero-order valence-electron chi connectivity index (χ0n) is 17.8. The fraction of sp³-hybridized carbons (Fsp3) is 0.250. The van der Waals surface area contributed by atoms with Gasteiger partial charge in [0.1, 0.15) is 6.54 Å². The molecular weight excluding hydrogens is 447 g/mol. The second-order valence-corrected chi connectivity index (χ2v) is 10.7. The molecule has 3 aromatic rings. The first kappa shape index (κ1) is 24.3. The summed E-state index contributed by atoms with van der Waals surface area (Å²) in [4.78, 5) is 0. The predicted molar refractivity (Wildman–Crippen MR) is 117 cm³/mol. The number of nitrogens with zero attached hydrogens (tertiary/aromatic N) is 1. The van der Waals surface area contributed by atoms with Crippen molar-refractivity contribution in [1.82, 2.24) is 0 Å². The molecule has 0 unspecified atom stereocenters. The van der Waals surface area contributed by atoms with Crippen molar-refractivity contribution in [3.63, 3.8) is 0 Å². The van der Waals surface area contributed by atoms with E-state index in [9.17, 15) is 26.3 Å². The van der Waals surface area contributed by atoms with Gasteiger partial charge in [-0.2, -0.15) is 26.3 Å². The van der Waals surface area contributed by atoms with Crippen LogP contribution in [0.25, 0.3) is 0 Å². The zero-order valence-corrected chi connectivity index (χ0v) is 18.7. The summed E-state index contributed by atoms with van der Waals surface area (Å²) in [6, 6.07) is 17.4. The fourth-order valence-corrected chi connectivity index (χ4v) is 5.82. The lowest BCUT2D eigenvalue weighted by Gasteiger charge is -2.28. The molecule has 3 rings (SSSR count). The van der Waals surface area contributed by atoms with Crippen LogP contribution in [0.3, 0.4) is 0 Å². The summed E-state index contributed by atoms with van der Waals surface area (Å²) in [5.41, 5.74) is -0.516. The van der Waals surface area contributed by atoms with Gasteiger partial charge in [0.25, 0.3) is 0 Å². The number of quaternary nitrogens is 1. The van der Waals surface area contributed by atoms with E-state index in [0.717, 1.165) is 35.1 Å². The number of rotatable bonds is 5. The van der Waals surface area contributed by atoms with Gasteiger partial charge in [0.05, 0.1) is 32.3 Å². The van der Waals surface area contributed by atoms with E-state index in [4.69, 9.17) is 0 Å². The van der Waals surface area contributed by atoms with Crippen molar-refractivity contribution in [2.75, 3.05) is 21.1 Å². The Hall–Kier alpha value is -2.37. The molecule has 0 saturated heterocycles. The van der Waals surface area contributed by atoms with E-state index in [1.54, 1.807) is 0 Å². The molecule has 8 heteroatoms. The highest BCUT2D eigenvalue weighted by atomic mass is 31.1. The van der Waals surface area contributed by atoms with Gasteiger partial charge in [0.15, 0.2) is 0 Å². The first-order chi connectivity index (χ1) is 14.8. The fourth-order valence-electron chi connectivity index (χ4n) is 3.40. The standard InChI is InChI=1S/C24H23F6NP/c1-31(2,3)16-17-6-4-5-7-22(17)32(20-12-8-18(9-13-20)23(25,26)27)21-14-10-19(11-15-21)24(28,29)30/h4-15H,16H2,1-3H3/q+1. The molecular formula is C24H23F6NP+. The highest BCUT2D eigenvalue weighted by Gasteiger charge is 2.32. The molecule has 32 heavy (non-hydrogen) atoms. The minimum absolute atomic E-state index is 0.625. The van der Waals surface area contributed by atoms with Crippen molar-refractivity contribution < 1.29 is 30.8 Å². The Balaban J connectivity index is 2.15. The van der Waals surface area contributed by atoms with Crippen molar-refractivity contribution in [3.05, 3.63) is 89.5 Å². The normalized spacial score (nSPS) is 12.9. The van der Waals surface area contributed by atoms with Crippen LogP contribution in [0.5, 0.6) is 0 Å². The second kappa shape index (κ2) is 8.87. The van der Waals surface area contributed by atoms with Crippen LogP contribution in [0.2, 0.25) is 0 Å². The molecule has 0 atom stereocenters. The third-order valence-corrected chi connectivity index (χ3v) is 7.33. The molecule has 0 aromatic heterocycles. The molecule has 0 saturated carbocycles. The smallest absolute Gasteiger partial charge is 0.327 e. The molecule has 1 nitrogen and oxygen atoms in total. The number of benzene rings is 3. The third kappa shape index (κ3) is 5.90. The Labute approximate surface area is 184 Å². The summed E-state index contributed by atoms with van der Waals surface area (Å²) >= 11 is 0. The molecule has 0 heterocycles. The van der Waals surface area contributed by atoms with Gasteiger partial charge in [-0.25, -0.2) is 0 Å². The van der Waals surface area contributed by atoms with Crippen LogP contribution in [0.4, 0.5) is 26.3 Å². The third-order valence-electron chi connectivity index (χ3n) is 4.78. The van der Waals surface area contributed by atoms with Gasteiger partial charge in [-0.05, 0) is 48.1 Å². The molecule has 0 aliphatic heterocycles. The van der Waals surface area contributed by atoms with Crippen molar-refractivity contribution in [1.29, 1.82) is 0 Å². The van der Waals surface area contributed by atoms with Crippen LogP contribution < -0.4 is 15.9 Å². The molecule has 0 N–H and O–H groups in total. The van der Waals surface area contributed by atoms with Crippen LogP contribution in [-0.2, 0) is 18.9 Å². The van der Waals surface area contributed by atoms with Crippen LogP contribution in [-0.4, -0.2) is 25.6 Å². The highest BCUT2D eigenvalue weighted by molar-refractivity contribution is 7.79. The first-order valence-electron chi connectivity index (χ1n) is 9.79. The Bertz CT molecular complexity index is 991. The average molecular weight is 470 g/mol. The van der Waals surface area contributed by atoms with Crippen molar-refractivity contribution in [2.45, 2.75) is 18.9 Å². The van der Waals surface area contributed by atoms with Crippen LogP contribution in [0.15, 0.2) is 72.8 Å². The van der Waals surface area contributed by atoms with Gasteiger partial charge >= 0.3 is 12.4 Å². The molecule has 0 amide bonds. The number of hydrogen-bond acceptors (Lipinski definition) is 0. The van der Waals surface area contributed by atoms with Crippen LogP contribution >= 0.6 is 7.92 Å². The molecule has 0 spiro atoms. The zero-order chi connectivity index (χ0) is 23.7. The van der Waals surface area contributed by atoms with E-state index in [0.29, 0.717) is 21.6 Å². The average Bonchev–Trinajstić information content (AvgIpc) is 2.68. The largest absolute Gasteiger partial charge is 0.416 e. The molecule has 170 valence electrons. The van der Waals surface area contributed by atoms with Gasteiger partial charge in [-0.1, -0.05) is 48.5 Å². The lowest BCUT2D eigenvalue weighted by atomic mass is 10.2. The summed E-state index contributed by atoms with van der Waals surface area (Å²) in [6.07, 6.45) is -8.92. The molecule has 0 aliphatic rings. The monoisotopic (exact) mass is 470 g/mol. The van der Waals surface area contributed by atoms with Gasteiger partial charge in [-0.15, -0.1) is 0 Å². The minimum atomic E-state index is -4.46. The Morgan fingerprint density at radius 1 is 0.625 bits per heavy atom. The Morgan fingerprint density at radius 2 is 1.03 bits per heavy atom. The summed E-state index contributed by atoms with van der Waals surface area (Å²) < 4.78 is 79.0. The highest BCUT2D eigenvalue weighted by Crippen LogP contribution is 2.37. The maximum absolute atomic E-state index is 13.1. The Morgan fingerprint density at radius 3 is 1.41 bits per heavy atom. The van der Waals surface area contributed by atoms with E-state index in [1.165, 1.54) is 24.3 Å². The summed E-state index contributed by atoms with van der Waals surface area (Å²) in [5, 5.41) is 2.19. The van der Waals surface area contributed by atoms with E-state index in [2.05, 4.69) is 0 Å². The second-order valence-electron chi connectivity index (χ2n) is 8.50. The lowest BCUT2D eigenvalue weighted by molar-refractivity contribution is -0.883. The van der Waals surface area contributed by atoms with Gasteiger partial charge in [0.2, 0.25) is 0 Å². The van der Waals surface area contributed by atoms with E-state index < -0.39 is 31.4 Å². The predicted octanol–water partition coefficient (Wildman–Crippen LogP) is 5.69. The number of alkyl halides is 6. The molecule has 0 bridgehead atoms. The molecule has 3 aromatic carbocycles. The topological polar surface area (TPSA) is 0 Å². The minimum Gasteiger partial charge on any atom is -0.327 e. The van der Waals surface area contributed by atoms with Gasteiger partial charge in [0, 0.05) is 5.56 Å². The van der Waals surface area contributed by atoms with Crippen molar-refractivity contribution in [3.8, 4) is 0 Å². The molecule has 0 aliphatic carbocycles. The first-order valence-corrected chi connectivity index (χ1v) is 11.1. The van der Waals surface area contributed by atoms with E-state index in [1.807, 2.05) is 45.4 Å². The Kier molecular flexibility index (Phi) is 6.73. The van der Waals surface area contributed by atoms with Gasteiger partial charge < -0.3 is 4.48 Å². The summed E-state index contributed by atoms with van der Waals surface area (Å²) in [5.74, 6) is 0. The van der Waals surface area contributed by atoms with E-state index in [-0.39, 0.29) is 0 Å². The molecule has 0 radical (unpaired) electrons. The van der Waals surface area contributed by atoms with Gasteiger partial charge in [-0.3, -0.25) is 0 Å². The quantitative estimate of drug-likeness (QED) is 0.255. The SMILES string of the molecule is C[N+](C)(C)Cc1ccccc1P(c1ccc(C(F)(F)F)cc1)c1ccc(C(F)(F)F)cc1. The summed E-state index contributed by atoms with van der Waals surface area (Å²) in [6.45, 7) is 0.663. The molecule has 0 fully saturated rings. The summed E-state index contributed by atoms with van der Waals surface area (Å²) in [7, 11) is 4.71. The van der Waals surface area contributed by atoms with Crippen molar-refractivity contribution >= 4 is 23.8 Å². The van der Waals surface area contributed by atoms with Crippen LogP contribution in [0.1, 0.15) is 16.7 Å². The number of halogens is 6. The maximum Gasteiger partial charge on any atom is 0.416 e. The lowest BCUT2D eigenvalue weighted by Crippen LogP contribution is -2.36. The maximum atomic E-state index is 13.1.